The number of aromatic amines is 1. The molecular weight excluding hydrogens is 248 g/mol. The summed E-state index contributed by atoms with van der Waals surface area (Å²) in [6.07, 6.45) is 3.03. The molecule has 2 heterocycles. The lowest BCUT2D eigenvalue weighted by atomic mass is 10.1. The molecule has 3 N–H and O–H groups in total. The van der Waals surface area contributed by atoms with Gasteiger partial charge in [0.25, 0.3) is 0 Å². The number of fused-ring (bicyclic) bond motifs is 1. The van der Waals surface area contributed by atoms with Crippen molar-refractivity contribution in [3.05, 3.63) is 41.2 Å². The lowest BCUT2D eigenvalue weighted by Gasteiger charge is -2.02. The highest BCUT2D eigenvalue weighted by Crippen LogP contribution is 2.44. The molecule has 0 fully saturated rings. The van der Waals surface area contributed by atoms with E-state index in [9.17, 15) is 15.0 Å². The Bertz CT molecular complexity index is 715. The van der Waals surface area contributed by atoms with Gasteiger partial charge in [0.1, 0.15) is 0 Å². The molecule has 0 unspecified atom stereocenters. The number of hydrogen-bond donors (Lipinski definition) is 3. The normalized spacial score (nSPS) is 15.6. The average molecular weight is 258 g/mol. The minimum Gasteiger partial charge on any atom is -0.504 e. The van der Waals surface area contributed by atoms with E-state index in [4.69, 9.17) is 4.74 Å². The van der Waals surface area contributed by atoms with E-state index in [1.807, 2.05) is 0 Å². The van der Waals surface area contributed by atoms with E-state index in [0.29, 0.717) is 5.69 Å². The highest BCUT2D eigenvalue weighted by Gasteiger charge is 2.31. The SMILES string of the molecule is Cc1nc[nH]c1C=C1Oc2c(ccc(O)c2O)C1=O. The Morgan fingerprint density at radius 3 is 2.84 bits per heavy atom. The Morgan fingerprint density at radius 2 is 2.16 bits per heavy atom. The second-order valence-electron chi connectivity index (χ2n) is 4.15. The summed E-state index contributed by atoms with van der Waals surface area (Å²) >= 11 is 0. The molecule has 19 heavy (non-hydrogen) atoms. The van der Waals surface area contributed by atoms with Gasteiger partial charge in [0.05, 0.1) is 23.3 Å². The zero-order valence-corrected chi connectivity index (χ0v) is 9.97. The van der Waals surface area contributed by atoms with Gasteiger partial charge in [-0.05, 0) is 19.1 Å². The van der Waals surface area contributed by atoms with Crippen LogP contribution in [0.25, 0.3) is 6.08 Å². The van der Waals surface area contributed by atoms with Crippen molar-refractivity contribution in [2.75, 3.05) is 0 Å². The van der Waals surface area contributed by atoms with E-state index < -0.39 is 5.75 Å². The van der Waals surface area contributed by atoms with Gasteiger partial charge in [0, 0.05) is 6.08 Å². The van der Waals surface area contributed by atoms with Crippen LogP contribution in [0.5, 0.6) is 17.2 Å². The number of aromatic nitrogens is 2. The minimum absolute atomic E-state index is 0.0200. The van der Waals surface area contributed by atoms with Crippen LogP contribution >= 0.6 is 0 Å². The highest BCUT2D eigenvalue weighted by atomic mass is 16.5. The third-order valence-electron chi connectivity index (χ3n) is 2.93. The van der Waals surface area contributed by atoms with E-state index in [1.165, 1.54) is 24.5 Å². The summed E-state index contributed by atoms with van der Waals surface area (Å²) in [5.74, 6) is -1.06. The van der Waals surface area contributed by atoms with Crippen LogP contribution in [0.3, 0.4) is 0 Å². The largest absolute Gasteiger partial charge is 0.504 e. The van der Waals surface area contributed by atoms with Crippen molar-refractivity contribution in [2.24, 2.45) is 0 Å². The van der Waals surface area contributed by atoms with Crippen LogP contribution < -0.4 is 4.74 Å². The van der Waals surface area contributed by atoms with Crippen LogP contribution in [-0.4, -0.2) is 26.0 Å². The Labute approximate surface area is 108 Å². The second-order valence-corrected chi connectivity index (χ2v) is 4.15. The number of carbonyl (C=O) groups excluding carboxylic acids is 1. The number of allylic oxidation sites excluding steroid dienone is 1. The van der Waals surface area contributed by atoms with Gasteiger partial charge < -0.3 is 19.9 Å². The summed E-state index contributed by atoms with van der Waals surface area (Å²) in [5, 5.41) is 19.0. The molecule has 0 saturated heterocycles. The molecule has 0 radical (unpaired) electrons. The van der Waals surface area contributed by atoms with Gasteiger partial charge in [-0.25, -0.2) is 4.98 Å². The fraction of sp³-hybridized carbons (Fsp3) is 0.0769. The number of hydrogen-bond acceptors (Lipinski definition) is 5. The van der Waals surface area contributed by atoms with E-state index in [-0.39, 0.29) is 28.6 Å². The Kier molecular flexibility index (Phi) is 2.31. The van der Waals surface area contributed by atoms with Crippen LogP contribution in [0, 0.1) is 6.92 Å². The Morgan fingerprint density at radius 1 is 1.37 bits per heavy atom. The number of Topliss-reactive ketones (excluding diaryl/α,β-unsaturated/α-hetero) is 1. The summed E-state index contributed by atoms with van der Waals surface area (Å²) in [7, 11) is 0. The molecule has 1 aromatic carbocycles. The number of nitrogens with one attached hydrogen (secondary N) is 1. The minimum atomic E-state index is -0.435. The molecule has 0 bridgehead atoms. The van der Waals surface area contributed by atoms with Gasteiger partial charge >= 0.3 is 0 Å². The predicted molar refractivity (Wildman–Crippen MR) is 66.0 cm³/mol. The van der Waals surface area contributed by atoms with Gasteiger partial charge in [-0.2, -0.15) is 0 Å². The van der Waals surface area contributed by atoms with E-state index in [1.54, 1.807) is 6.92 Å². The average Bonchev–Trinajstić information content (AvgIpc) is 2.92. The number of rotatable bonds is 1. The van der Waals surface area contributed by atoms with Gasteiger partial charge in [-0.3, -0.25) is 4.79 Å². The number of phenols is 2. The van der Waals surface area contributed by atoms with Crippen molar-refractivity contribution in [2.45, 2.75) is 6.92 Å². The maximum absolute atomic E-state index is 12.1. The molecule has 0 saturated carbocycles. The molecule has 6 heteroatoms. The summed E-state index contributed by atoms with van der Waals surface area (Å²) < 4.78 is 5.31. The third kappa shape index (κ3) is 1.65. The first-order valence-electron chi connectivity index (χ1n) is 5.57. The maximum atomic E-state index is 12.1. The molecule has 1 aliphatic heterocycles. The predicted octanol–water partition coefficient (Wildman–Crippen LogP) is 1.75. The zero-order chi connectivity index (χ0) is 13.6. The fourth-order valence-corrected chi connectivity index (χ4v) is 1.88. The first-order valence-corrected chi connectivity index (χ1v) is 5.57. The second kappa shape index (κ2) is 3.88. The fourth-order valence-electron chi connectivity index (χ4n) is 1.88. The van der Waals surface area contributed by atoms with Crippen LogP contribution in [0.1, 0.15) is 21.7 Å². The van der Waals surface area contributed by atoms with Crippen molar-refractivity contribution in [3.63, 3.8) is 0 Å². The Balaban J connectivity index is 2.07. The molecule has 96 valence electrons. The monoisotopic (exact) mass is 258 g/mol. The molecule has 0 atom stereocenters. The number of ketones is 1. The van der Waals surface area contributed by atoms with E-state index in [0.717, 1.165) is 5.69 Å². The molecular formula is C13H10N2O4. The summed E-state index contributed by atoms with van der Waals surface area (Å²) in [4.78, 5) is 19.0. The lowest BCUT2D eigenvalue weighted by Crippen LogP contribution is -1.98. The number of aromatic hydroxyl groups is 2. The van der Waals surface area contributed by atoms with Gasteiger partial charge in [-0.1, -0.05) is 0 Å². The smallest absolute Gasteiger partial charge is 0.232 e. The molecule has 0 amide bonds. The number of nitrogens with zero attached hydrogens (tertiary/aromatic N) is 1. The van der Waals surface area contributed by atoms with Crippen LogP contribution in [-0.2, 0) is 0 Å². The number of aryl methyl sites for hydroxylation is 1. The number of ether oxygens (including phenoxy) is 1. The van der Waals surface area contributed by atoms with Crippen LogP contribution in [0.2, 0.25) is 0 Å². The molecule has 2 aromatic rings. The van der Waals surface area contributed by atoms with Crippen LogP contribution in [0.4, 0.5) is 0 Å². The standard InChI is InChI=1S/C13H10N2O4/c1-6-8(15-5-14-6)4-10-11(17)7-2-3-9(16)12(18)13(7)19-10/h2-5,16,18H,1H3,(H,14,15). The number of carbonyl (C=O) groups is 1. The number of H-pyrrole nitrogens is 1. The molecule has 1 aliphatic rings. The van der Waals surface area contributed by atoms with E-state index in [2.05, 4.69) is 9.97 Å². The number of benzene rings is 1. The summed E-state index contributed by atoms with van der Waals surface area (Å²) in [5.41, 5.74) is 1.60. The summed E-state index contributed by atoms with van der Waals surface area (Å²) in [6, 6.07) is 2.66. The van der Waals surface area contributed by atoms with E-state index >= 15 is 0 Å². The number of phenolic OH excluding ortho intramolecular Hbond substituents is 2. The van der Waals surface area contributed by atoms with Crippen molar-refractivity contribution >= 4 is 11.9 Å². The van der Waals surface area contributed by atoms with Crippen LogP contribution in [0.15, 0.2) is 24.2 Å². The quantitative estimate of drug-likeness (QED) is 0.535. The van der Waals surface area contributed by atoms with Gasteiger partial charge in [0.15, 0.2) is 17.3 Å². The topological polar surface area (TPSA) is 95.4 Å². The molecule has 3 rings (SSSR count). The first-order chi connectivity index (χ1) is 9.08. The lowest BCUT2D eigenvalue weighted by molar-refractivity contribution is 0.101. The molecule has 1 aromatic heterocycles. The molecule has 6 nitrogen and oxygen atoms in total. The zero-order valence-electron chi connectivity index (χ0n) is 9.97. The van der Waals surface area contributed by atoms with Crippen molar-refractivity contribution in [1.82, 2.24) is 9.97 Å². The third-order valence-corrected chi connectivity index (χ3v) is 2.93. The van der Waals surface area contributed by atoms with Crippen molar-refractivity contribution in [3.8, 4) is 17.2 Å². The molecule has 0 aliphatic carbocycles. The Hall–Kier alpha value is -2.76. The summed E-state index contributed by atoms with van der Waals surface area (Å²) in [6.45, 7) is 1.79. The van der Waals surface area contributed by atoms with Crippen molar-refractivity contribution in [1.29, 1.82) is 0 Å². The first kappa shape index (κ1) is 11.3. The molecule has 0 spiro atoms. The maximum Gasteiger partial charge on any atom is 0.232 e. The van der Waals surface area contributed by atoms with Crippen molar-refractivity contribution < 1.29 is 19.7 Å². The number of imidazole rings is 1. The van der Waals surface area contributed by atoms with Gasteiger partial charge in [-0.15, -0.1) is 0 Å². The van der Waals surface area contributed by atoms with Gasteiger partial charge in [0.2, 0.25) is 11.5 Å². The highest BCUT2D eigenvalue weighted by molar-refractivity contribution is 6.15.